The van der Waals surface area contributed by atoms with Gasteiger partial charge in [-0.1, -0.05) is 50.2 Å². The van der Waals surface area contributed by atoms with Crippen LogP contribution in [0.3, 0.4) is 0 Å². The van der Waals surface area contributed by atoms with Gasteiger partial charge in [-0.15, -0.1) is 0 Å². The van der Waals surface area contributed by atoms with E-state index in [1.54, 1.807) is 6.07 Å². The van der Waals surface area contributed by atoms with Crippen LogP contribution >= 0.6 is 0 Å². The van der Waals surface area contributed by atoms with Gasteiger partial charge in [-0.25, -0.2) is 4.79 Å². The Balaban J connectivity index is 1.91. The molecule has 3 rings (SSSR count). The minimum Gasteiger partial charge on any atom is -0.460 e. The number of rotatable bonds is 9. The maximum atomic E-state index is 13.0. The van der Waals surface area contributed by atoms with Gasteiger partial charge in [0, 0.05) is 19.8 Å². The van der Waals surface area contributed by atoms with E-state index >= 15 is 0 Å². The molecule has 2 aromatic carbocycles. The van der Waals surface area contributed by atoms with Crippen LogP contribution in [0, 0.1) is 5.92 Å². The summed E-state index contributed by atoms with van der Waals surface area (Å²) >= 11 is 0. The lowest BCUT2D eigenvalue weighted by Crippen LogP contribution is -2.58. The topological polar surface area (TPSA) is 118 Å². The van der Waals surface area contributed by atoms with Gasteiger partial charge in [0.25, 0.3) is 0 Å². The second-order valence-corrected chi connectivity index (χ2v) is 8.63. The summed E-state index contributed by atoms with van der Waals surface area (Å²) in [6.45, 7) is 6.02. The minimum absolute atomic E-state index is 0.0441. The SMILES string of the molecule is CC[C@H]1O[C@@H](Oc2ccc(CO)cc2C(=O)OCc2ccccc2)[C@H](OC(C)=O)[C@@H](OC(C)=O)[C@H]1C. The van der Waals surface area contributed by atoms with Gasteiger partial charge < -0.3 is 28.8 Å². The fourth-order valence-electron chi connectivity index (χ4n) is 4.15. The number of ether oxygens (including phenoxy) is 5. The maximum Gasteiger partial charge on any atom is 0.342 e. The highest BCUT2D eigenvalue weighted by Crippen LogP contribution is 2.34. The zero-order valence-electron chi connectivity index (χ0n) is 20.8. The Morgan fingerprint density at radius 1 is 0.944 bits per heavy atom. The summed E-state index contributed by atoms with van der Waals surface area (Å²) in [5.41, 5.74) is 1.35. The summed E-state index contributed by atoms with van der Waals surface area (Å²) in [4.78, 5) is 36.7. The second-order valence-electron chi connectivity index (χ2n) is 8.63. The van der Waals surface area contributed by atoms with E-state index in [2.05, 4.69) is 0 Å². The van der Waals surface area contributed by atoms with Gasteiger partial charge in [0.2, 0.25) is 12.4 Å². The number of esters is 3. The Bertz CT molecular complexity index is 1050. The Labute approximate surface area is 210 Å². The van der Waals surface area contributed by atoms with Crippen molar-refractivity contribution in [1.82, 2.24) is 0 Å². The molecule has 9 nitrogen and oxygen atoms in total. The maximum absolute atomic E-state index is 13.0. The zero-order valence-corrected chi connectivity index (χ0v) is 20.8. The summed E-state index contributed by atoms with van der Waals surface area (Å²) in [6.07, 6.45) is -2.84. The van der Waals surface area contributed by atoms with Crippen molar-refractivity contribution in [3.8, 4) is 5.75 Å². The predicted octanol–water partition coefficient (Wildman–Crippen LogP) is 3.55. The molecule has 1 aliphatic heterocycles. The Kier molecular flexibility index (Phi) is 9.44. The molecule has 0 saturated carbocycles. The first kappa shape index (κ1) is 27.2. The predicted molar refractivity (Wildman–Crippen MR) is 128 cm³/mol. The molecule has 36 heavy (non-hydrogen) atoms. The third-order valence-corrected chi connectivity index (χ3v) is 5.91. The molecule has 0 amide bonds. The molecule has 0 aromatic heterocycles. The van der Waals surface area contributed by atoms with Crippen LogP contribution in [-0.2, 0) is 41.8 Å². The van der Waals surface area contributed by atoms with Crippen LogP contribution in [0.2, 0.25) is 0 Å². The smallest absolute Gasteiger partial charge is 0.342 e. The zero-order chi connectivity index (χ0) is 26.2. The van der Waals surface area contributed by atoms with E-state index in [0.717, 1.165) is 5.56 Å². The summed E-state index contributed by atoms with van der Waals surface area (Å²) in [5, 5.41) is 9.60. The highest BCUT2D eigenvalue weighted by molar-refractivity contribution is 5.92. The third kappa shape index (κ3) is 6.83. The number of hydrogen-bond acceptors (Lipinski definition) is 9. The lowest BCUT2D eigenvalue weighted by atomic mass is 9.89. The highest BCUT2D eigenvalue weighted by Gasteiger charge is 2.48. The largest absolute Gasteiger partial charge is 0.460 e. The second kappa shape index (κ2) is 12.5. The number of hydrogen-bond donors (Lipinski definition) is 1. The molecule has 2 aromatic rings. The van der Waals surface area contributed by atoms with Crippen molar-refractivity contribution in [2.24, 2.45) is 5.92 Å². The Hall–Kier alpha value is -3.43. The molecule has 1 aliphatic rings. The van der Waals surface area contributed by atoms with Crippen molar-refractivity contribution < 1.29 is 43.2 Å². The molecule has 1 heterocycles. The highest BCUT2D eigenvalue weighted by atomic mass is 16.7. The molecule has 1 N–H and O–H groups in total. The molecule has 0 radical (unpaired) electrons. The summed E-state index contributed by atoms with van der Waals surface area (Å²) < 4.78 is 28.7. The number of aliphatic hydroxyl groups excluding tert-OH is 1. The van der Waals surface area contributed by atoms with Crippen LogP contribution in [0.5, 0.6) is 5.75 Å². The monoisotopic (exact) mass is 500 g/mol. The van der Waals surface area contributed by atoms with Gasteiger partial charge in [-0.3, -0.25) is 9.59 Å². The summed E-state index contributed by atoms with van der Waals surface area (Å²) in [7, 11) is 0. The number of carbonyl (C=O) groups is 3. The third-order valence-electron chi connectivity index (χ3n) is 5.91. The van der Waals surface area contributed by atoms with E-state index in [1.165, 1.54) is 26.0 Å². The van der Waals surface area contributed by atoms with E-state index in [1.807, 2.05) is 44.2 Å². The molecule has 0 spiro atoms. The average molecular weight is 501 g/mol. The van der Waals surface area contributed by atoms with Crippen molar-refractivity contribution in [3.05, 3.63) is 65.2 Å². The Morgan fingerprint density at radius 3 is 2.22 bits per heavy atom. The van der Waals surface area contributed by atoms with Crippen molar-refractivity contribution in [3.63, 3.8) is 0 Å². The lowest BCUT2D eigenvalue weighted by molar-refractivity contribution is -0.266. The first-order chi connectivity index (χ1) is 17.2. The fraction of sp³-hybridized carbons (Fsp3) is 0.444. The first-order valence-electron chi connectivity index (χ1n) is 11.8. The van der Waals surface area contributed by atoms with Crippen molar-refractivity contribution >= 4 is 17.9 Å². The van der Waals surface area contributed by atoms with Crippen LogP contribution in [0.15, 0.2) is 48.5 Å². The van der Waals surface area contributed by atoms with Crippen molar-refractivity contribution in [1.29, 1.82) is 0 Å². The van der Waals surface area contributed by atoms with Crippen LogP contribution in [0.25, 0.3) is 0 Å². The van der Waals surface area contributed by atoms with Gasteiger partial charge in [0.15, 0.2) is 0 Å². The Morgan fingerprint density at radius 2 is 1.61 bits per heavy atom. The van der Waals surface area contributed by atoms with E-state index in [4.69, 9.17) is 23.7 Å². The van der Waals surface area contributed by atoms with Gasteiger partial charge in [0.1, 0.15) is 24.0 Å². The van der Waals surface area contributed by atoms with Crippen LogP contribution < -0.4 is 4.74 Å². The molecule has 1 fully saturated rings. The summed E-state index contributed by atoms with van der Waals surface area (Å²) in [5.74, 6) is -1.97. The molecule has 1 saturated heterocycles. The standard InChI is InChI=1S/C27H32O9/c1-5-22-16(2)24(33-17(3)29)25(34-18(4)30)27(35-22)36-23-12-11-20(14-28)13-21(23)26(31)32-15-19-9-7-6-8-10-19/h6-13,16,22,24-25,27-28H,5,14-15H2,1-4H3/t16-,22+,24-,25+,27-/m0/s1. The van der Waals surface area contributed by atoms with Gasteiger partial charge in [-0.05, 0) is 29.7 Å². The van der Waals surface area contributed by atoms with Crippen molar-refractivity contribution in [2.45, 2.75) is 71.9 Å². The number of carbonyl (C=O) groups excluding carboxylic acids is 3. The van der Waals surface area contributed by atoms with Gasteiger partial charge in [-0.2, -0.15) is 0 Å². The van der Waals surface area contributed by atoms with Crippen LogP contribution in [-0.4, -0.2) is 47.6 Å². The summed E-state index contributed by atoms with van der Waals surface area (Å²) in [6, 6.07) is 13.8. The van der Waals surface area contributed by atoms with E-state index < -0.39 is 36.4 Å². The molecule has 0 aliphatic carbocycles. The van der Waals surface area contributed by atoms with E-state index in [9.17, 15) is 19.5 Å². The fourth-order valence-corrected chi connectivity index (χ4v) is 4.15. The molecule has 0 bridgehead atoms. The lowest BCUT2D eigenvalue weighted by Gasteiger charge is -2.43. The number of aliphatic hydroxyl groups is 1. The quantitative estimate of drug-likeness (QED) is 0.407. The van der Waals surface area contributed by atoms with Crippen molar-refractivity contribution in [2.75, 3.05) is 0 Å². The molecule has 0 unspecified atom stereocenters. The first-order valence-corrected chi connectivity index (χ1v) is 11.8. The van der Waals surface area contributed by atoms with Gasteiger partial charge in [0.05, 0.1) is 12.7 Å². The number of benzene rings is 2. The van der Waals surface area contributed by atoms with Gasteiger partial charge >= 0.3 is 17.9 Å². The normalized spacial score (nSPS) is 23.4. The molecular weight excluding hydrogens is 468 g/mol. The van der Waals surface area contributed by atoms with Crippen LogP contribution in [0.1, 0.15) is 55.6 Å². The molecule has 5 atom stereocenters. The minimum atomic E-state index is -1.17. The van der Waals surface area contributed by atoms with E-state index in [-0.39, 0.29) is 36.5 Å². The van der Waals surface area contributed by atoms with E-state index in [0.29, 0.717) is 12.0 Å². The molecular formula is C27H32O9. The van der Waals surface area contributed by atoms with Crippen LogP contribution in [0.4, 0.5) is 0 Å². The molecule has 194 valence electrons. The average Bonchev–Trinajstić information content (AvgIpc) is 2.86. The molecule has 9 heteroatoms.